The maximum atomic E-state index is 13.4. The average molecular weight is 365 g/mol. The third kappa shape index (κ3) is 3.30. The first-order chi connectivity index (χ1) is 10.1. The van der Waals surface area contributed by atoms with Crippen LogP contribution in [0.5, 0.6) is 0 Å². The summed E-state index contributed by atoms with van der Waals surface area (Å²) in [4.78, 5) is 4.71. The fourth-order valence-corrected chi connectivity index (χ4v) is 3.49. The summed E-state index contributed by atoms with van der Waals surface area (Å²) in [5.74, 6) is 0.675. The number of anilines is 1. The second-order valence-electron chi connectivity index (χ2n) is 4.88. The van der Waals surface area contributed by atoms with Crippen LogP contribution in [0.25, 0.3) is 0 Å². The molecule has 1 atom stereocenters. The number of nitrogens with one attached hydrogen (secondary N) is 1. The van der Waals surface area contributed by atoms with Crippen LogP contribution in [0.2, 0.25) is 0 Å². The summed E-state index contributed by atoms with van der Waals surface area (Å²) < 4.78 is 13.9. The molecule has 0 saturated carbocycles. The average Bonchev–Trinajstić information content (AvgIpc) is 2.94. The van der Waals surface area contributed by atoms with Crippen molar-refractivity contribution in [3.05, 3.63) is 63.9 Å². The lowest BCUT2D eigenvalue weighted by molar-refractivity contribution is 0.620. The van der Waals surface area contributed by atoms with Crippen molar-refractivity contribution in [2.45, 2.75) is 13.0 Å². The van der Waals surface area contributed by atoms with E-state index in [-0.39, 0.29) is 11.9 Å². The van der Waals surface area contributed by atoms with Gasteiger partial charge < -0.3 is 5.32 Å². The summed E-state index contributed by atoms with van der Waals surface area (Å²) in [7, 11) is 0. The number of aliphatic imine (C=N–C) groups is 1. The van der Waals surface area contributed by atoms with Gasteiger partial charge in [-0.2, -0.15) is 0 Å². The quantitative estimate of drug-likeness (QED) is 0.796. The number of halogens is 2. The molecule has 0 bridgehead atoms. The van der Waals surface area contributed by atoms with E-state index >= 15 is 0 Å². The highest BCUT2D eigenvalue weighted by atomic mass is 79.9. The van der Waals surface area contributed by atoms with Crippen LogP contribution in [-0.2, 0) is 0 Å². The molecule has 1 N–H and O–H groups in total. The van der Waals surface area contributed by atoms with Crippen molar-refractivity contribution < 1.29 is 4.39 Å². The van der Waals surface area contributed by atoms with Crippen LogP contribution in [-0.4, -0.2) is 10.9 Å². The fraction of sp³-hybridized carbons (Fsp3) is 0.188. The molecule has 1 heterocycles. The van der Waals surface area contributed by atoms with Crippen LogP contribution in [0, 0.1) is 12.7 Å². The highest BCUT2D eigenvalue weighted by molar-refractivity contribution is 9.10. The predicted molar refractivity (Wildman–Crippen MR) is 91.5 cm³/mol. The van der Waals surface area contributed by atoms with E-state index in [1.54, 1.807) is 17.8 Å². The van der Waals surface area contributed by atoms with Gasteiger partial charge in [0.15, 0.2) is 5.17 Å². The van der Waals surface area contributed by atoms with Gasteiger partial charge in [0.2, 0.25) is 0 Å². The summed E-state index contributed by atoms with van der Waals surface area (Å²) >= 11 is 4.91. The first kappa shape index (κ1) is 14.6. The topological polar surface area (TPSA) is 24.4 Å². The van der Waals surface area contributed by atoms with Gasteiger partial charge in [-0.15, -0.1) is 0 Å². The molecule has 108 valence electrons. The predicted octanol–water partition coefficient (Wildman–Crippen LogP) is 5.15. The zero-order valence-corrected chi connectivity index (χ0v) is 13.8. The van der Waals surface area contributed by atoms with Gasteiger partial charge in [0.1, 0.15) is 5.82 Å². The molecular formula is C16H14BrFN2S. The van der Waals surface area contributed by atoms with Gasteiger partial charge in [0.25, 0.3) is 0 Å². The van der Waals surface area contributed by atoms with E-state index < -0.39 is 0 Å². The van der Waals surface area contributed by atoms with Gasteiger partial charge in [0.05, 0.1) is 10.5 Å². The van der Waals surface area contributed by atoms with Gasteiger partial charge in [-0.05, 0) is 46.1 Å². The van der Waals surface area contributed by atoms with E-state index in [1.165, 1.54) is 11.6 Å². The van der Waals surface area contributed by atoms with E-state index in [1.807, 2.05) is 25.1 Å². The molecule has 1 unspecified atom stereocenters. The maximum absolute atomic E-state index is 13.4. The molecular weight excluding hydrogens is 351 g/mol. The van der Waals surface area contributed by atoms with Crippen molar-refractivity contribution in [2.24, 2.45) is 4.99 Å². The van der Waals surface area contributed by atoms with Crippen LogP contribution in [0.15, 0.2) is 51.9 Å². The normalized spacial score (nSPS) is 17.7. The molecule has 21 heavy (non-hydrogen) atoms. The van der Waals surface area contributed by atoms with Crippen LogP contribution in [0.4, 0.5) is 10.1 Å². The van der Waals surface area contributed by atoms with Crippen molar-refractivity contribution in [3.63, 3.8) is 0 Å². The summed E-state index contributed by atoms with van der Waals surface area (Å²) in [5.41, 5.74) is 2.96. The first-order valence-corrected chi connectivity index (χ1v) is 8.39. The number of aryl methyl sites for hydroxylation is 1. The van der Waals surface area contributed by atoms with Crippen molar-refractivity contribution >= 4 is 38.5 Å². The highest BCUT2D eigenvalue weighted by Gasteiger charge is 2.20. The van der Waals surface area contributed by atoms with Gasteiger partial charge in [-0.1, -0.05) is 42.1 Å². The van der Waals surface area contributed by atoms with Gasteiger partial charge in [-0.25, -0.2) is 4.39 Å². The lowest BCUT2D eigenvalue weighted by Crippen LogP contribution is -2.06. The Morgan fingerprint density at radius 3 is 2.81 bits per heavy atom. The number of amidine groups is 1. The molecule has 2 aromatic carbocycles. The van der Waals surface area contributed by atoms with Gasteiger partial charge in [0, 0.05) is 11.4 Å². The Kier molecular flexibility index (Phi) is 4.31. The fourth-order valence-electron chi connectivity index (χ4n) is 2.18. The standard InChI is InChI=1S/C16H14BrFN2S/c1-10-7-13(18)12(17)8-14(10)19-16-20-15(9-21-16)11-5-3-2-4-6-11/h2-8,15H,9H2,1H3,(H,19,20). The zero-order valence-electron chi connectivity index (χ0n) is 11.4. The molecule has 0 spiro atoms. The molecule has 3 rings (SSSR count). The molecule has 5 heteroatoms. The summed E-state index contributed by atoms with van der Waals surface area (Å²) in [5, 5.41) is 4.17. The first-order valence-electron chi connectivity index (χ1n) is 6.61. The minimum atomic E-state index is -0.249. The molecule has 2 nitrogen and oxygen atoms in total. The lowest BCUT2D eigenvalue weighted by Gasteiger charge is -2.09. The molecule has 0 saturated heterocycles. The Labute approximate surface area is 136 Å². The Morgan fingerprint density at radius 1 is 1.29 bits per heavy atom. The van der Waals surface area contributed by atoms with Gasteiger partial charge >= 0.3 is 0 Å². The number of hydrogen-bond donors (Lipinski definition) is 1. The van der Waals surface area contributed by atoms with Crippen LogP contribution < -0.4 is 5.32 Å². The third-order valence-corrected chi connectivity index (χ3v) is 4.92. The van der Waals surface area contributed by atoms with E-state index in [4.69, 9.17) is 4.99 Å². The Balaban J connectivity index is 1.79. The highest BCUT2D eigenvalue weighted by Crippen LogP contribution is 2.32. The van der Waals surface area contributed by atoms with Crippen molar-refractivity contribution in [2.75, 3.05) is 11.1 Å². The van der Waals surface area contributed by atoms with Crippen LogP contribution in [0.3, 0.4) is 0 Å². The number of benzene rings is 2. The Bertz CT molecular complexity index is 688. The largest absolute Gasteiger partial charge is 0.335 e. The molecule has 1 aliphatic rings. The minimum absolute atomic E-state index is 0.183. The zero-order chi connectivity index (χ0) is 14.8. The van der Waals surface area contributed by atoms with E-state index in [0.29, 0.717) is 4.47 Å². The lowest BCUT2D eigenvalue weighted by atomic mass is 10.1. The second kappa shape index (κ2) is 6.20. The van der Waals surface area contributed by atoms with Crippen molar-refractivity contribution in [1.29, 1.82) is 0 Å². The molecule has 0 aliphatic carbocycles. The maximum Gasteiger partial charge on any atom is 0.161 e. The Hall–Kier alpha value is -1.33. The summed E-state index contributed by atoms with van der Waals surface area (Å²) in [6.07, 6.45) is 0. The van der Waals surface area contributed by atoms with Crippen LogP contribution >= 0.6 is 27.7 Å². The minimum Gasteiger partial charge on any atom is -0.335 e. The summed E-state index contributed by atoms with van der Waals surface area (Å²) in [6.45, 7) is 1.88. The molecule has 0 radical (unpaired) electrons. The van der Waals surface area contributed by atoms with E-state index in [9.17, 15) is 4.39 Å². The number of thioether (sulfide) groups is 1. The van der Waals surface area contributed by atoms with Gasteiger partial charge in [-0.3, -0.25) is 4.99 Å². The van der Waals surface area contributed by atoms with Crippen molar-refractivity contribution in [3.8, 4) is 0 Å². The molecule has 1 aliphatic heterocycles. The number of nitrogens with zero attached hydrogens (tertiary/aromatic N) is 1. The molecule has 0 fully saturated rings. The van der Waals surface area contributed by atoms with E-state index in [0.717, 1.165) is 22.2 Å². The smallest absolute Gasteiger partial charge is 0.161 e. The molecule has 0 aromatic heterocycles. The summed E-state index contributed by atoms with van der Waals surface area (Å²) in [6, 6.07) is 13.7. The molecule has 2 aromatic rings. The monoisotopic (exact) mass is 364 g/mol. The molecule has 0 amide bonds. The number of hydrogen-bond acceptors (Lipinski definition) is 3. The third-order valence-electron chi connectivity index (χ3n) is 3.34. The Morgan fingerprint density at radius 2 is 2.05 bits per heavy atom. The second-order valence-corrected chi connectivity index (χ2v) is 6.74. The van der Waals surface area contributed by atoms with Crippen LogP contribution in [0.1, 0.15) is 17.2 Å². The number of rotatable bonds is 2. The van der Waals surface area contributed by atoms with Crippen molar-refractivity contribution in [1.82, 2.24) is 0 Å². The SMILES string of the molecule is Cc1cc(F)c(Br)cc1NC1=NC(c2ccccc2)CS1. The van der Waals surface area contributed by atoms with E-state index in [2.05, 4.69) is 33.4 Å².